The third-order valence-corrected chi connectivity index (χ3v) is 4.38. The summed E-state index contributed by atoms with van der Waals surface area (Å²) >= 11 is 0. The molecule has 0 amide bonds. The van der Waals surface area contributed by atoms with Crippen LogP contribution in [0.1, 0.15) is 25.0 Å². The molecule has 2 N–H and O–H groups in total. The van der Waals surface area contributed by atoms with Crippen LogP contribution in [0.5, 0.6) is 0 Å². The summed E-state index contributed by atoms with van der Waals surface area (Å²) in [7, 11) is 0. The van der Waals surface area contributed by atoms with Gasteiger partial charge < -0.3 is 10.4 Å². The summed E-state index contributed by atoms with van der Waals surface area (Å²) in [5, 5.41) is 25.7. The maximum Gasteiger partial charge on any atom is 0.0665 e. The molecule has 0 fully saturated rings. The van der Waals surface area contributed by atoms with Crippen LogP contribution in [-0.2, 0) is 12.8 Å². The predicted molar refractivity (Wildman–Crippen MR) is 92.5 cm³/mol. The fourth-order valence-corrected chi connectivity index (χ4v) is 2.92. The van der Waals surface area contributed by atoms with Crippen molar-refractivity contribution in [1.82, 2.24) is 0 Å². The number of oxime groups is 2. The molecule has 0 atom stereocenters. The van der Waals surface area contributed by atoms with Crippen molar-refractivity contribution in [2.45, 2.75) is 26.7 Å². The smallest absolute Gasteiger partial charge is 0.0665 e. The van der Waals surface area contributed by atoms with Crippen molar-refractivity contribution in [3.8, 4) is 0 Å². The molecule has 0 radical (unpaired) electrons. The van der Waals surface area contributed by atoms with Crippen molar-refractivity contribution < 1.29 is 10.4 Å². The predicted octanol–water partition coefficient (Wildman–Crippen LogP) is 4.16. The highest BCUT2D eigenvalue weighted by molar-refractivity contribution is 6.10. The van der Waals surface area contributed by atoms with Gasteiger partial charge in [-0.3, -0.25) is 0 Å². The molecule has 4 nitrogen and oxygen atoms in total. The molecule has 120 valence electrons. The summed E-state index contributed by atoms with van der Waals surface area (Å²) in [5.41, 5.74) is 2.57. The van der Waals surface area contributed by atoms with Gasteiger partial charge in [0.05, 0.1) is 16.8 Å². The van der Waals surface area contributed by atoms with Crippen LogP contribution >= 0.6 is 0 Å². The van der Waals surface area contributed by atoms with Crippen LogP contribution < -0.4 is 0 Å². The summed E-state index contributed by atoms with van der Waals surface area (Å²) in [4.78, 5) is 0. The minimum absolute atomic E-state index is 0.528. The minimum Gasteiger partial charge on any atom is -0.411 e. The second-order valence-electron chi connectivity index (χ2n) is 5.78. The van der Waals surface area contributed by atoms with Crippen molar-refractivity contribution in [3.63, 3.8) is 0 Å². The molecule has 2 aromatic carbocycles. The second kappa shape index (κ2) is 7.58. The number of benzene rings is 2. The van der Waals surface area contributed by atoms with Crippen molar-refractivity contribution >= 4 is 11.4 Å². The van der Waals surface area contributed by atoms with E-state index in [1.165, 1.54) is 0 Å². The Morgan fingerprint density at radius 3 is 1.39 bits per heavy atom. The van der Waals surface area contributed by atoms with Crippen LogP contribution in [0.15, 0.2) is 71.0 Å². The van der Waals surface area contributed by atoms with E-state index in [4.69, 9.17) is 0 Å². The Morgan fingerprint density at radius 1 is 0.739 bits per heavy atom. The molecular weight excluding hydrogens is 288 g/mol. The number of rotatable bonds is 6. The first-order valence-corrected chi connectivity index (χ1v) is 7.58. The zero-order chi connectivity index (χ0) is 16.7. The monoisotopic (exact) mass is 310 g/mol. The van der Waals surface area contributed by atoms with Crippen molar-refractivity contribution in [2.75, 3.05) is 0 Å². The molecule has 0 aliphatic carbocycles. The van der Waals surface area contributed by atoms with Crippen LogP contribution in [0, 0.1) is 5.41 Å². The Kier molecular flexibility index (Phi) is 5.52. The van der Waals surface area contributed by atoms with Crippen LogP contribution in [0.2, 0.25) is 0 Å². The van der Waals surface area contributed by atoms with Gasteiger partial charge in [-0.15, -0.1) is 0 Å². The van der Waals surface area contributed by atoms with Gasteiger partial charge in [0.15, 0.2) is 0 Å². The molecule has 0 saturated heterocycles. The van der Waals surface area contributed by atoms with E-state index < -0.39 is 5.41 Å². The topological polar surface area (TPSA) is 65.2 Å². The average molecular weight is 310 g/mol. The third-order valence-electron chi connectivity index (χ3n) is 4.38. The van der Waals surface area contributed by atoms with Gasteiger partial charge in [-0.05, 0) is 37.8 Å². The first-order valence-electron chi connectivity index (χ1n) is 7.58. The molecular formula is C19H22N2O2. The van der Waals surface area contributed by atoms with E-state index in [0.717, 1.165) is 11.1 Å². The molecule has 0 aliphatic heterocycles. The zero-order valence-corrected chi connectivity index (χ0v) is 13.5. The number of hydrogen-bond donors (Lipinski definition) is 2. The highest BCUT2D eigenvalue weighted by atomic mass is 16.4. The summed E-state index contributed by atoms with van der Waals surface area (Å²) in [6.45, 7) is 3.53. The SMILES string of the molecule is CC(=NO)C(Cc1ccccc1)(Cc1ccccc1)C(C)=NO. The summed E-state index contributed by atoms with van der Waals surface area (Å²) < 4.78 is 0. The standard InChI is InChI=1S/C19H22N2O2/c1-15(20-22)19(16(2)21-23,13-17-9-5-3-6-10-17)14-18-11-7-4-8-12-18/h3-12,22-23H,13-14H2,1-2H3. The van der Waals surface area contributed by atoms with Gasteiger partial charge in [0.1, 0.15) is 0 Å². The molecule has 0 unspecified atom stereocenters. The van der Waals surface area contributed by atoms with Crippen LogP contribution in [0.25, 0.3) is 0 Å². The van der Waals surface area contributed by atoms with Gasteiger partial charge in [-0.25, -0.2) is 0 Å². The fraction of sp³-hybridized carbons (Fsp3) is 0.263. The largest absolute Gasteiger partial charge is 0.411 e. The lowest BCUT2D eigenvalue weighted by Gasteiger charge is -2.33. The average Bonchev–Trinajstić information content (AvgIpc) is 2.61. The summed E-state index contributed by atoms with van der Waals surface area (Å²) in [6.07, 6.45) is 1.18. The molecule has 0 aromatic heterocycles. The summed E-state index contributed by atoms with van der Waals surface area (Å²) in [5.74, 6) is 0. The normalized spacial score (nSPS) is 13.1. The maximum atomic E-state index is 9.42. The van der Waals surface area contributed by atoms with Gasteiger partial charge in [-0.1, -0.05) is 71.0 Å². The highest BCUT2D eigenvalue weighted by Crippen LogP contribution is 2.32. The van der Waals surface area contributed by atoms with Crippen molar-refractivity contribution in [1.29, 1.82) is 0 Å². The van der Waals surface area contributed by atoms with Gasteiger partial charge in [0, 0.05) is 0 Å². The molecule has 0 aliphatic rings. The molecule has 4 heteroatoms. The van der Waals surface area contributed by atoms with Gasteiger partial charge in [0.2, 0.25) is 0 Å². The van der Waals surface area contributed by atoms with Crippen LogP contribution in [0.4, 0.5) is 0 Å². The first kappa shape index (κ1) is 16.7. The highest BCUT2D eigenvalue weighted by Gasteiger charge is 2.38. The maximum absolute atomic E-state index is 9.42. The van der Waals surface area contributed by atoms with E-state index in [9.17, 15) is 10.4 Å². The van der Waals surface area contributed by atoms with Crippen LogP contribution in [0.3, 0.4) is 0 Å². The van der Waals surface area contributed by atoms with Gasteiger partial charge >= 0.3 is 0 Å². The van der Waals surface area contributed by atoms with E-state index in [1.54, 1.807) is 13.8 Å². The molecule has 2 rings (SSSR count). The lowest BCUT2D eigenvalue weighted by atomic mass is 9.70. The lowest BCUT2D eigenvalue weighted by molar-refractivity contribution is 0.301. The van der Waals surface area contributed by atoms with E-state index in [1.807, 2.05) is 60.7 Å². The van der Waals surface area contributed by atoms with E-state index >= 15 is 0 Å². The summed E-state index contributed by atoms with van der Waals surface area (Å²) in [6, 6.07) is 19.9. The molecule has 0 spiro atoms. The number of nitrogens with zero attached hydrogens (tertiary/aromatic N) is 2. The minimum atomic E-state index is -0.674. The number of hydrogen-bond acceptors (Lipinski definition) is 4. The molecule has 0 saturated carbocycles. The van der Waals surface area contributed by atoms with Gasteiger partial charge in [-0.2, -0.15) is 0 Å². The Morgan fingerprint density at radius 2 is 1.09 bits per heavy atom. The van der Waals surface area contributed by atoms with Gasteiger partial charge in [0.25, 0.3) is 0 Å². The Hall–Kier alpha value is -2.62. The van der Waals surface area contributed by atoms with E-state index in [-0.39, 0.29) is 0 Å². The quantitative estimate of drug-likeness (QED) is 0.478. The molecule has 2 aromatic rings. The fourth-order valence-electron chi connectivity index (χ4n) is 2.92. The van der Waals surface area contributed by atoms with E-state index in [0.29, 0.717) is 24.3 Å². The molecule has 0 heterocycles. The lowest BCUT2D eigenvalue weighted by Crippen LogP contribution is -2.41. The first-order chi connectivity index (χ1) is 11.1. The van der Waals surface area contributed by atoms with Crippen LogP contribution in [-0.4, -0.2) is 21.8 Å². The zero-order valence-electron chi connectivity index (χ0n) is 13.5. The Balaban J connectivity index is 2.51. The Labute approximate surface area is 136 Å². The van der Waals surface area contributed by atoms with Crippen molar-refractivity contribution in [3.05, 3.63) is 71.8 Å². The van der Waals surface area contributed by atoms with Crippen molar-refractivity contribution in [2.24, 2.45) is 15.7 Å². The van der Waals surface area contributed by atoms with E-state index in [2.05, 4.69) is 10.3 Å². The molecule has 23 heavy (non-hydrogen) atoms. The second-order valence-corrected chi connectivity index (χ2v) is 5.78. The Bertz CT molecular complexity index is 618. The third kappa shape index (κ3) is 3.77. The molecule has 0 bridgehead atoms.